The largest absolute Gasteiger partial charge is 0.496 e. The molecule has 1 aromatic heterocycles. The number of carbonyl (C=O) groups excluding carboxylic acids is 1. The maximum atomic E-state index is 12.2. The van der Waals surface area contributed by atoms with Crippen LogP contribution in [-0.2, 0) is 11.3 Å². The predicted molar refractivity (Wildman–Crippen MR) is 88.4 cm³/mol. The number of hydrogen-bond acceptors (Lipinski definition) is 4. The quantitative estimate of drug-likeness (QED) is 0.791. The lowest BCUT2D eigenvalue weighted by molar-refractivity contribution is -0.121. The number of methoxy groups -OCH3 is 1. The Labute approximate surface area is 135 Å². The summed E-state index contributed by atoms with van der Waals surface area (Å²) in [6.45, 7) is 2.65. The second-order valence-electron chi connectivity index (χ2n) is 5.14. The highest BCUT2D eigenvalue weighted by atomic mass is 16.5. The smallest absolute Gasteiger partial charge is 0.254 e. The number of carbonyl (C=O) groups is 1. The van der Waals surface area contributed by atoms with E-state index >= 15 is 0 Å². The van der Waals surface area contributed by atoms with E-state index in [2.05, 4.69) is 17.2 Å². The number of para-hydroxylation sites is 1. The van der Waals surface area contributed by atoms with Crippen molar-refractivity contribution in [3.63, 3.8) is 0 Å². The molecule has 0 aliphatic carbocycles. The third kappa shape index (κ3) is 4.42. The lowest BCUT2D eigenvalue weighted by Crippen LogP contribution is -2.32. The summed E-state index contributed by atoms with van der Waals surface area (Å²) in [6, 6.07) is 8.76. The summed E-state index contributed by atoms with van der Waals surface area (Å²) in [4.78, 5) is 28.2. The van der Waals surface area contributed by atoms with Crippen LogP contribution in [0.5, 0.6) is 5.75 Å². The van der Waals surface area contributed by atoms with Gasteiger partial charge in [0, 0.05) is 18.2 Å². The summed E-state index contributed by atoms with van der Waals surface area (Å²) < 4.78 is 6.57. The molecule has 1 N–H and O–H groups in total. The molecule has 0 aliphatic rings. The van der Waals surface area contributed by atoms with Gasteiger partial charge in [0.2, 0.25) is 5.91 Å². The first-order valence-corrected chi connectivity index (χ1v) is 7.62. The number of nitrogens with one attached hydrogen (secondary N) is 1. The highest BCUT2D eigenvalue weighted by Gasteiger charge is 2.09. The molecular weight excluding hydrogens is 294 g/mol. The van der Waals surface area contributed by atoms with Crippen molar-refractivity contribution in [3.05, 3.63) is 47.0 Å². The fourth-order valence-corrected chi connectivity index (χ4v) is 2.16. The Morgan fingerprint density at radius 2 is 2.13 bits per heavy atom. The molecule has 2 aromatic rings. The standard InChI is InChI=1S/C17H21N3O3/c1-3-4-9-18-16(21)11-20-12-19-14(10-17(20)22)13-7-5-6-8-15(13)23-2/h5-8,10,12H,3-4,9,11H2,1-2H3,(H,18,21). The Kier molecular flexibility index (Phi) is 5.91. The van der Waals surface area contributed by atoms with E-state index in [4.69, 9.17) is 4.74 Å². The number of hydrogen-bond donors (Lipinski definition) is 1. The first kappa shape index (κ1) is 16.7. The average molecular weight is 315 g/mol. The van der Waals surface area contributed by atoms with Crippen LogP contribution in [0.3, 0.4) is 0 Å². The molecule has 0 saturated heterocycles. The third-order valence-electron chi connectivity index (χ3n) is 3.43. The van der Waals surface area contributed by atoms with Gasteiger partial charge >= 0.3 is 0 Å². The van der Waals surface area contributed by atoms with E-state index in [9.17, 15) is 9.59 Å². The van der Waals surface area contributed by atoms with Crippen LogP contribution >= 0.6 is 0 Å². The molecule has 0 spiro atoms. The summed E-state index contributed by atoms with van der Waals surface area (Å²) in [5.41, 5.74) is 0.994. The van der Waals surface area contributed by atoms with Gasteiger partial charge in [0.25, 0.3) is 5.56 Å². The van der Waals surface area contributed by atoms with Gasteiger partial charge in [-0.05, 0) is 18.6 Å². The Bertz CT molecular complexity index is 725. The molecule has 0 fully saturated rings. The van der Waals surface area contributed by atoms with Crippen molar-refractivity contribution >= 4 is 5.91 Å². The van der Waals surface area contributed by atoms with Gasteiger partial charge in [-0.2, -0.15) is 0 Å². The minimum atomic E-state index is -0.272. The molecule has 6 nitrogen and oxygen atoms in total. The van der Waals surface area contributed by atoms with Crippen LogP contribution in [0.2, 0.25) is 0 Å². The fraction of sp³-hybridized carbons (Fsp3) is 0.353. The molecule has 6 heteroatoms. The second-order valence-corrected chi connectivity index (χ2v) is 5.14. The minimum Gasteiger partial charge on any atom is -0.496 e. The van der Waals surface area contributed by atoms with E-state index < -0.39 is 0 Å². The van der Waals surface area contributed by atoms with Gasteiger partial charge in [-0.1, -0.05) is 25.5 Å². The summed E-state index contributed by atoms with van der Waals surface area (Å²) >= 11 is 0. The van der Waals surface area contributed by atoms with Crippen molar-refractivity contribution < 1.29 is 9.53 Å². The Hall–Kier alpha value is -2.63. The highest BCUT2D eigenvalue weighted by Crippen LogP contribution is 2.26. The summed E-state index contributed by atoms with van der Waals surface area (Å²) in [6.07, 6.45) is 3.32. The molecule has 1 heterocycles. The molecule has 0 bridgehead atoms. The lowest BCUT2D eigenvalue weighted by atomic mass is 10.1. The van der Waals surface area contributed by atoms with Gasteiger partial charge < -0.3 is 10.1 Å². The van der Waals surface area contributed by atoms with Gasteiger partial charge in [-0.25, -0.2) is 4.98 Å². The number of amides is 1. The van der Waals surface area contributed by atoms with Crippen LogP contribution in [0, 0.1) is 0 Å². The predicted octanol–water partition coefficient (Wildman–Crippen LogP) is 1.84. The molecule has 0 aliphatic heterocycles. The van der Waals surface area contributed by atoms with Crippen molar-refractivity contribution in [2.24, 2.45) is 0 Å². The van der Waals surface area contributed by atoms with Crippen LogP contribution in [-0.4, -0.2) is 29.1 Å². The molecular formula is C17H21N3O3. The van der Waals surface area contributed by atoms with Crippen molar-refractivity contribution in [1.29, 1.82) is 0 Å². The maximum Gasteiger partial charge on any atom is 0.254 e. The van der Waals surface area contributed by atoms with Crippen LogP contribution in [0.4, 0.5) is 0 Å². The molecule has 0 atom stereocenters. The zero-order chi connectivity index (χ0) is 16.7. The molecule has 122 valence electrons. The van der Waals surface area contributed by atoms with E-state index in [0.29, 0.717) is 18.0 Å². The first-order chi connectivity index (χ1) is 11.2. The normalized spacial score (nSPS) is 10.3. The molecule has 0 saturated carbocycles. The van der Waals surface area contributed by atoms with Crippen molar-refractivity contribution in [1.82, 2.24) is 14.9 Å². The summed E-state index contributed by atoms with van der Waals surface area (Å²) in [7, 11) is 1.57. The van der Waals surface area contributed by atoms with Crippen LogP contribution in [0.15, 0.2) is 41.5 Å². The van der Waals surface area contributed by atoms with Crippen molar-refractivity contribution in [3.8, 4) is 17.0 Å². The van der Waals surface area contributed by atoms with Crippen LogP contribution < -0.4 is 15.6 Å². The minimum absolute atomic E-state index is 0.0260. The third-order valence-corrected chi connectivity index (χ3v) is 3.43. The first-order valence-electron chi connectivity index (χ1n) is 7.62. The maximum absolute atomic E-state index is 12.2. The molecule has 1 amide bonds. The lowest BCUT2D eigenvalue weighted by Gasteiger charge is -2.09. The van der Waals surface area contributed by atoms with E-state index in [1.54, 1.807) is 7.11 Å². The van der Waals surface area contributed by atoms with Gasteiger partial charge in [-0.3, -0.25) is 14.2 Å². The number of ether oxygens (including phenoxy) is 1. The van der Waals surface area contributed by atoms with Gasteiger partial charge in [0.05, 0.1) is 19.1 Å². The van der Waals surface area contributed by atoms with E-state index in [1.807, 2.05) is 24.3 Å². The molecule has 0 unspecified atom stereocenters. The van der Waals surface area contributed by atoms with E-state index in [-0.39, 0.29) is 18.0 Å². The molecule has 0 radical (unpaired) electrons. The van der Waals surface area contributed by atoms with Crippen LogP contribution in [0.25, 0.3) is 11.3 Å². The van der Waals surface area contributed by atoms with Crippen LogP contribution in [0.1, 0.15) is 19.8 Å². The Morgan fingerprint density at radius 1 is 1.35 bits per heavy atom. The highest BCUT2D eigenvalue weighted by molar-refractivity contribution is 5.75. The number of aromatic nitrogens is 2. The number of unbranched alkanes of at least 4 members (excludes halogenated alkanes) is 1. The molecule has 2 rings (SSSR count). The number of nitrogens with zero attached hydrogens (tertiary/aromatic N) is 2. The second kappa shape index (κ2) is 8.12. The topological polar surface area (TPSA) is 73.2 Å². The van der Waals surface area contributed by atoms with Gasteiger partial charge in [-0.15, -0.1) is 0 Å². The van der Waals surface area contributed by atoms with E-state index in [1.165, 1.54) is 17.0 Å². The van der Waals surface area contributed by atoms with Gasteiger partial charge in [0.15, 0.2) is 0 Å². The molecule has 1 aromatic carbocycles. The monoisotopic (exact) mass is 315 g/mol. The Balaban J connectivity index is 2.15. The number of benzene rings is 1. The van der Waals surface area contributed by atoms with Gasteiger partial charge in [0.1, 0.15) is 12.3 Å². The van der Waals surface area contributed by atoms with E-state index in [0.717, 1.165) is 18.4 Å². The zero-order valence-corrected chi connectivity index (χ0v) is 13.4. The Morgan fingerprint density at radius 3 is 2.83 bits per heavy atom. The SMILES string of the molecule is CCCCNC(=O)Cn1cnc(-c2ccccc2OC)cc1=O. The summed E-state index contributed by atoms with van der Waals surface area (Å²) in [5.74, 6) is 0.460. The molecule has 23 heavy (non-hydrogen) atoms. The summed E-state index contributed by atoms with van der Waals surface area (Å²) in [5, 5.41) is 2.78. The van der Waals surface area contributed by atoms with Crippen molar-refractivity contribution in [2.45, 2.75) is 26.3 Å². The number of rotatable bonds is 7. The fourth-order valence-electron chi connectivity index (χ4n) is 2.16. The van der Waals surface area contributed by atoms with Crippen molar-refractivity contribution in [2.75, 3.05) is 13.7 Å². The zero-order valence-electron chi connectivity index (χ0n) is 13.4. The average Bonchev–Trinajstić information content (AvgIpc) is 2.57.